The Morgan fingerprint density at radius 2 is 1.56 bits per heavy atom. The van der Waals surface area contributed by atoms with E-state index in [-0.39, 0.29) is 16.7 Å². The van der Waals surface area contributed by atoms with Crippen LogP contribution >= 0.6 is 0 Å². The molecule has 0 saturated carbocycles. The van der Waals surface area contributed by atoms with E-state index in [1.807, 2.05) is 73.6 Å². The summed E-state index contributed by atoms with van der Waals surface area (Å²) in [7, 11) is 5.49. The van der Waals surface area contributed by atoms with E-state index in [0.717, 1.165) is 22.4 Å². The molecule has 6 nitrogen and oxygen atoms in total. The minimum absolute atomic E-state index is 0.0685. The number of anilines is 2. The fourth-order valence-electron chi connectivity index (χ4n) is 4.99. The number of rotatable bonds is 6. The van der Waals surface area contributed by atoms with Gasteiger partial charge in [0.1, 0.15) is 11.5 Å². The molecule has 1 amide bonds. The van der Waals surface area contributed by atoms with Crippen molar-refractivity contribution in [1.82, 2.24) is 0 Å². The lowest BCUT2D eigenvalue weighted by molar-refractivity contribution is -0.132. The number of Topliss-reactive ketones (excluding diaryl/α,β-unsaturated/α-hetero) is 1. The van der Waals surface area contributed by atoms with Gasteiger partial charge in [0.05, 0.1) is 18.7 Å². The quantitative estimate of drug-likeness (QED) is 0.217. The zero-order valence-electron chi connectivity index (χ0n) is 24.1. The highest BCUT2D eigenvalue weighted by molar-refractivity contribution is 6.51. The van der Waals surface area contributed by atoms with Gasteiger partial charge in [-0.3, -0.25) is 14.5 Å². The Balaban J connectivity index is 1.93. The van der Waals surface area contributed by atoms with Gasteiger partial charge in [-0.2, -0.15) is 0 Å². The fraction of sp³-hybridized carbons (Fsp3) is 0.333. The van der Waals surface area contributed by atoms with Crippen LogP contribution in [-0.4, -0.2) is 38.0 Å². The Morgan fingerprint density at radius 3 is 2.08 bits per heavy atom. The summed E-state index contributed by atoms with van der Waals surface area (Å²) in [6.07, 6.45) is 0. The summed E-state index contributed by atoms with van der Waals surface area (Å²) in [5.74, 6) is -0.556. The minimum Gasteiger partial charge on any atom is -0.507 e. The van der Waals surface area contributed by atoms with Crippen molar-refractivity contribution in [2.45, 2.75) is 52.0 Å². The summed E-state index contributed by atoms with van der Waals surface area (Å²) in [5.41, 5.74) is 4.61. The van der Waals surface area contributed by atoms with Crippen LogP contribution in [0.5, 0.6) is 5.75 Å². The molecule has 1 atom stereocenters. The fourth-order valence-corrected chi connectivity index (χ4v) is 4.99. The van der Waals surface area contributed by atoms with Gasteiger partial charge >= 0.3 is 0 Å². The van der Waals surface area contributed by atoms with Crippen LogP contribution in [0.1, 0.15) is 68.8 Å². The number of ketones is 1. The Morgan fingerprint density at radius 1 is 0.949 bits per heavy atom. The maximum atomic E-state index is 13.6. The number of hydrogen-bond acceptors (Lipinski definition) is 5. The second-order valence-electron chi connectivity index (χ2n) is 11.6. The molecule has 1 aliphatic rings. The standard InChI is InChI=1S/C33H38N2O4/c1-20(2)21-9-11-22(12-10-21)29-28(30(36)23-13-18-27(39-8)26(19-23)33(3,4)5)31(37)32(38)35(29)25-16-14-24(15-17-25)34(6)7/h9-20,29,36H,1-8H3/b30-28-. The number of aliphatic hydroxyl groups is 1. The van der Waals surface area contributed by atoms with E-state index >= 15 is 0 Å². The van der Waals surface area contributed by atoms with Crippen LogP contribution in [0.4, 0.5) is 11.4 Å². The van der Waals surface area contributed by atoms with Crippen molar-refractivity contribution in [3.05, 3.63) is 94.6 Å². The normalized spacial score (nSPS) is 17.2. The summed E-state index contributed by atoms with van der Waals surface area (Å²) in [6.45, 7) is 10.4. The largest absolute Gasteiger partial charge is 0.507 e. The second kappa shape index (κ2) is 10.6. The third kappa shape index (κ3) is 5.29. The van der Waals surface area contributed by atoms with Gasteiger partial charge in [0.15, 0.2) is 0 Å². The summed E-state index contributed by atoms with van der Waals surface area (Å²) >= 11 is 0. The maximum Gasteiger partial charge on any atom is 0.300 e. The van der Waals surface area contributed by atoms with E-state index in [0.29, 0.717) is 22.9 Å². The van der Waals surface area contributed by atoms with Crippen LogP contribution < -0.4 is 14.5 Å². The Bertz CT molecular complexity index is 1410. The number of carbonyl (C=O) groups is 2. The third-order valence-corrected chi connectivity index (χ3v) is 7.29. The number of ether oxygens (including phenoxy) is 1. The van der Waals surface area contributed by atoms with E-state index in [1.54, 1.807) is 19.2 Å². The average molecular weight is 527 g/mol. The first-order chi connectivity index (χ1) is 18.3. The molecule has 0 radical (unpaired) electrons. The molecule has 4 rings (SSSR count). The highest BCUT2D eigenvalue weighted by Gasteiger charge is 2.47. The number of nitrogens with zero attached hydrogens (tertiary/aromatic N) is 2. The van der Waals surface area contributed by atoms with Crippen molar-refractivity contribution in [2.75, 3.05) is 31.0 Å². The van der Waals surface area contributed by atoms with Gasteiger partial charge in [-0.1, -0.05) is 58.9 Å². The molecule has 1 fully saturated rings. The zero-order valence-corrected chi connectivity index (χ0v) is 24.1. The number of hydrogen-bond donors (Lipinski definition) is 1. The van der Waals surface area contributed by atoms with E-state index < -0.39 is 17.7 Å². The van der Waals surface area contributed by atoms with E-state index in [2.05, 4.69) is 34.6 Å². The van der Waals surface area contributed by atoms with E-state index in [4.69, 9.17) is 4.74 Å². The molecular formula is C33H38N2O4. The number of carbonyl (C=O) groups excluding carboxylic acids is 2. The number of aliphatic hydroxyl groups excluding tert-OH is 1. The molecule has 6 heteroatoms. The second-order valence-corrected chi connectivity index (χ2v) is 11.6. The highest BCUT2D eigenvalue weighted by atomic mass is 16.5. The SMILES string of the molecule is COc1ccc(/C(O)=C2/C(=O)C(=O)N(c3ccc(N(C)C)cc3)C2c2ccc(C(C)C)cc2)cc1C(C)(C)C. The molecule has 3 aromatic carbocycles. The lowest BCUT2D eigenvalue weighted by Crippen LogP contribution is -2.29. The number of amides is 1. The lowest BCUT2D eigenvalue weighted by atomic mass is 9.84. The van der Waals surface area contributed by atoms with Crippen LogP contribution in [0, 0.1) is 0 Å². The van der Waals surface area contributed by atoms with Gasteiger partial charge in [0, 0.05) is 36.6 Å². The Labute approximate surface area is 231 Å². The van der Waals surface area contributed by atoms with Crippen LogP contribution in [0.15, 0.2) is 72.3 Å². The first-order valence-electron chi connectivity index (χ1n) is 13.2. The monoisotopic (exact) mass is 526 g/mol. The summed E-state index contributed by atoms with van der Waals surface area (Å²) in [5, 5.41) is 11.7. The van der Waals surface area contributed by atoms with Crippen molar-refractivity contribution < 1.29 is 19.4 Å². The number of methoxy groups -OCH3 is 1. The average Bonchev–Trinajstić information content (AvgIpc) is 3.17. The van der Waals surface area contributed by atoms with E-state index in [1.165, 1.54) is 4.90 Å². The minimum atomic E-state index is -0.781. The molecule has 3 aromatic rings. The van der Waals surface area contributed by atoms with Gasteiger partial charge in [-0.15, -0.1) is 0 Å². The molecule has 0 aromatic heterocycles. The molecule has 0 spiro atoms. The van der Waals surface area contributed by atoms with E-state index in [9.17, 15) is 14.7 Å². The van der Waals surface area contributed by atoms with Crippen LogP contribution in [0.3, 0.4) is 0 Å². The molecule has 39 heavy (non-hydrogen) atoms. The maximum absolute atomic E-state index is 13.6. The molecule has 1 saturated heterocycles. The summed E-state index contributed by atoms with van der Waals surface area (Å²) in [6, 6.07) is 20.0. The molecule has 1 unspecified atom stereocenters. The molecular weight excluding hydrogens is 488 g/mol. The van der Waals surface area contributed by atoms with Gasteiger partial charge in [-0.05, 0) is 64.9 Å². The van der Waals surface area contributed by atoms with Crippen LogP contribution in [-0.2, 0) is 15.0 Å². The van der Waals surface area contributed by atoms with Crippen molar-refractivity contribution >= 4 is 28.8 Å². The highest BCUT2D eigenvalue weighted by Crippen LogP contribution is 2.43. The molecule has 1 heterocycles. The lowest BCUT2D eigenvalue weighted by Gasteiger charge is -2.27. The van der Waals surface area contributed by atoms with Gasteiger partial charge in [0.25, 0.3) is 11.7 Å². The predicted octanol–water partition coefficient (Wildman–Crippen LogP) is 6.81. The summed E-state index contributed by atoms with van der Waals surface area (Å²) < 4.78 is 5.56. The smallest absolute Gasteiger partial charge is 0.300 e. The van der Waals surface area contributed by atoms with Gasteiger partial charge < -0.3 is 14.7 Å². The topological polar surface area (TPSA) is 70.1 Å². The van der Waals surface area contributed by atoms with Gasteiger partial charge in [0.2, 0.25) is 0 Å². The van der Waals surface area contributed by atoms with Crippen molar-refractivity contribution in [2.24, 2.45) is 0 Å². The molecule has 0 aliphatic carbocycles. The Hall–Kier alpha value is -4.06. The third-order valence-electron chi connectivity index (χ3n) is 7.29. The molecule has 1 aliphatic heterocycles. The van der Waals surface area contributed by atoms with Crippen LogP contribution in [0.25, 0.3) is 5.76 Å². The molecule has 1 N–H and O–H groups in total. The molecule has 204 valence electrons. The van der Waals surface area contributed by atoms with Crippen molar-refractivity contribution in [3.63, 3.8) is 0 Å². The van der Waals surface area contributed by atoms with Gasteiger partial charge in [-0.25, -0.2) is 0 Å². The zero-order chi connectivity index (χ0) is 28.6. The van der Waals surface area contributed by atoms with Crippen LogP contribution in [0.2, 0.25) is 0 Å². The first kappa shape index (κ1) is 28.0. The van der Waals surface area contributed by atoms with Crippen molar-refractivity contribution in [1.29, 1.82) is 0 Å². The summed E-state index contributed by atoms with van der Waals surface area (Å²) in [4.78, 5) is 30.6. The number of benzene rings is 3. The Kier molecular flexibility index (Phi) is 7.60. The van der Waals surface area contributed by atoms with Crippen molar-refractivity contribution in [3.8, 4) is 5.75 Å². The predicted molar refractivity (Wildman–Crippen MR) is 158 cm³/mol. The first-order valence-corrected chi connectivity index (χ1v) is 13.2. The molecule has 0 bridgehead atoms.